The Morgan fingerprint density at radius 1 is 1.20 bits per heavy atom. The van der Waals surface area contributed by atoms with E-state index in [9.17, 15) is 9.59 Å². The van der Waals surface area contributed by atoms with E-state index in [4.69, 9.17) is 0 Å². The van der Waals surface area contributed by atoms with Crippen molar-refractivity contribution in [3.05, 3.63) is 39.1 Å². The maximum absolute atomic E-state index is 12.4. The van der Waals surface area contributed by atoms with Crippen LogP contribution in [0, 0.1) is 13.8 Å². The molecule has 3 aromatic rings. The molecule has 0 radical (unpaired) electrons. The van der Waals surface area contributed by atoms with E-state index in [1.165, 1.54) is 11.8 Å². The maximum Gasteiger partial charge on any atom is 0.323 e. The van der Waals surface area contributed by atoms with Crippen LogP contribution in [0.15, 0.2) is 16.4 Å². The Bertz CT molecular complexity index is 996. The minimum atomic E-state index is -0.367. The fourth-order valence-corrected chi connectivity index (χ4v) is 4.10. The summed E-state index contributed by atoms with van der Waals surface area (Å²) < 4.78 is 0. The third-order valence-electron chi connectivity index (χ3n) is 4.40. The Balaban J connectivity index is 1.55. The molecule has 3 aromatic heterocycles. The summed E-state index contributed by atoms with van der Waals surface area (Å²) in [5.41, 5.74) is 1.11. The van der Waals surface area contributed by atoms with Crippen molar-refractivity contribution in [2.75, 3.05) is 31.1 Å². The summed E-state index contributed by atoms with van der Waals surface area (Å²) in [6.07, 6.45) is 1.42. The van der Waals surface area contributed by atoms with Gasteiger partial charge in [-0.2, -0.15) is 0 Å². The number of amides is 1. The topological polar surface area (TPSA) is 98.0 Å². The van der Waals surface area contributed by atoms with Crippen LogP contribution < -0.4 is 10.6 Å². The monoisotopic (exact) mass is 358 g/mol. The van der Waals surface area contributed by atoms with E-state index in [0.717, 1.165) is 21.9 Å². The van der Waals surface area contributed by atoms with Crippen LogP contribution in [-0.4, -0.2) is 56.9 Å². The molecule has 0 spiro atoms. The predicted octanol–water partition coefficient (Wildman–Crippen LogP) is 1.29. The zero-order chi connectivity index (χ0) is 17.6. The number of aromatic amines is 2. The maximum atomic E-state index is 12.4. The first-order chi connectivity index (χ1) is 12.0. The Hall–Kier alpha value is -2.68. The summed E-state index contributed by atoms with van der Waals surface area (Å²) in [7, 11) is 0. The molecule has 1 amide bonds. The molecule has 4 heterocycles. The van der Waals surface area contributed by atoms with E-state index in [0.29, 0.717) is 31.9 Å². The summed E-state index contributed by atoms with van der Waals surface area (Å²) >= 11 is 1.63. The van der Waals surface area contributed by atoms with Gasteiger partial charge in [-0.1, -0.05) is 0 Å². The fourth-order valence-electron chi connectivity index (χ4n) is 3.13. The van der Waals surface area contributed by atoms with Crippen LogP contribution in [0.2, 0.25) is 0 Å². The first kappa shape index (κ1) is 15.8. The highest BCUT2D eigenvalue weighted by Crippen LogP contribution is 2.32. The Labute approximate surface area is 147 Å². The van der Waals surface area contributed by atoms with Gasteiger partial charge in [0, 0.05) is 32.4 Å². The lowest BCUT2D eigenvalue weighted by molar-refractivity contribution is 0.0741. The fraction of sp³-hybridized carbons (Fsp3) is 0.375. The van der Waals surface area contributed by atoms with Crippen LogP contribution in [0.25, 0.3) is 10.2 Å². The number of thiophene rings is 1. The van der Waals surface area contributed by atoms with Crippen LogP contribution >= 0.6 is 11.3 Å². The number of anilines is 1. The molecule has 1 aliphatic heterocycles. The van der Waals surface area contributed by atoms with Crippen molar-refractivity contribution in [2.45, 2.75) is 13.8 Å². The zero-order valence-electron chi connectivity index (χ0n) is 14.0. The van der Waals surface area contributed by atoms with Crippen LogP contribution in [0.5, 0.6) is 0 Å². The molecule has 1 fully saturated rings. The van der Waals surface area contributed by atoms with Gasteiger partial charge in [-0.3, -0.25) is 4.79 Å². The molecule has 0 saturated carbocycles. The van der Waals surface area contributed by atoms with Gasteiger partial charge in [-0.25, -0.2) is 14.8 Å². The lowest BCUT2D eigenvalue weighted by Gasteiger charge is -2.35. The largest absolute Gasteiger partial charge is 0.352 e. The van der Waals surface area contributed by atoms with Gasteiger partial charge in [-0.05, 0) is 24.8 Å². The van der Waals surface area contributed by atoms with Crippen molar-refractivity contribution >= 4 is 33.3 Å². The van der Waals surface area contributed by atoms with Gasteiger partial charge in [-0.15, -0.1) is 11.3 Å². The molecule has 0 atom stereocenters. The van der Waals surface area contributed by atoms with E-state index < -0.39 is 0 Å². The molecular formula is C16H18N6O2S. The number of H-pyrrole nitrogens is 2. The van der Waals surface area contributed by atoms with Crippen molar-refractivity contribution in [1.29, 1.82) is 0 Å². The minimum absolute atomic E-state index is 0.159. The van der Waals surface area contributed by atoms with Crippen molar-refractivity contribution in [3.63, 3.8) is 0 Å². The van der Waals surface area contributed by atoms with Crippen LogP contribution in [0.1, 0.15) is 21.9 Å². The van der Waals surface area contributed by atoms with Crippen LogP contribution in [0.4, 0.5) is 5.82 Å². The van der Waals surface area contributed by atoms with Crippen molar-refractivity contribution in [3.8, 4) is 0 Å². The molecular weight excluding hydrogens is 340 g/mol. The lowest BCUT2D eigenvalue weighted by atomic mass is 10.2. The van der Waals surface area contributed by atoms with Crippen molar-refractivity contribution < 1.29 is 4.79 Å². The summed E-state index contributed by atoms with van der Waals surface area (Å²) in [4.78, 5) is 42.7. The predicted molar refractivity (Wildman–Crippen MR) is 96.4 cm³/mol. The normalized spacial score (nSPS) is 15.1. The average molecular weight is 358 g/mol. The Kier molecular flexibility index (Phi) is 3.79. The molecule has 130 valence electrons. The number of nitrogens with zero attached hydrogens (tertiary/aromatic N) is 4. The smallest absolute Gasteiger partial charge is 0.323 e. The van der Waals surface area contributed by atoms with E-state index in [1.807, 2.05) is 6.92 Å². The third kappa shape index (κ3) is 2.80. The van der Waals surface area contributed by atoms with Gasteiger partial charge >= 0.3 is 5.69 Å². The number of carbonyl (C=O) groups excluding carboxylic acids is 1. The molecule has 25 heavy (non-hydrogen) atoms. The number of fused-ring (bicyclic) bond motifs is 1. The zero-order valence-corrected chi connectivity index (χ0v) is 14.8. The van der Waals surface area contributed by atoms with Gasteiger partial charge in [0.05, 0.1) is 5.39 Å². The second-order valence-electron chi connectivity index (χ2n) is 6.13. The molecule has 1 saturated heterocycles. The summed E-state index contributed by atoms with van der Waals surface area (Å²) in [5, 5.41) is 3.20. The first-order valence-electron chi connectivity index (χ1n) is 8.07. The number of carbonyl (C=O) groups is 1. The Morgan fingerprint density at radius 2 is 1.96 bits per heavy atom. The number of aromatic nitrogens is 4. The molecule has 9 heteroatoms. The number of imidazole rings is 1. The molecule has 4 rings (SSSR count). The van der Waals surface area contributed by atoms with Gasteiger partial charge in [0.25, 0.3) is 5.91 Å². The second-order valence-corrected chi connectivity index (χ2v) is 6.99. The molecule has 0 bridgehead atoms. The molecule has 0 unspecified atom stereocenters. The number of hydrogen-bond acceptors (Lipinski definition) is 6. The van der Waals surface area contributed by atoms with Crippen molar-refractivity contribution in [1.82, 2.24) is 24.8 Å². The summed E-state index contributed by atoms with van der Waals surface area (Å²) in [6.45, 7) is 6.53. The molecule has 1 aliphatic rings. The first-order valence-corrected chi connectivity index (χ1v) is 8.95. The molecule has 0 aromatic carbocycles. The number of rotatable bonds is 2. The molecule has 2 N–H and O–H groups in total. The minimum Gasteiger partial charge on any atom is -0.352 e. The van der Waals surface area contributed by atoms with E-state index >= 15 is 0 Å². The lowest BCUT2D eigenvalue weighted by Crippen LogP contribution is -2.49. The van der Waals surface area contributed by atoms with E-state index in [1.54, 1.807) is 16.2 Å². The van der Waals surface area contributed by atoms with Gasteiger partial charge in [0.2, 0.25) is 0 Å². The highest BCUT2D eigenvalue weighted by atomic mass is 32.1. The summed E-state index contributed by atoms with van der Waals surface area (Å²) in [5.74, 6) is 1.55. The van der Waals surface area contributed by atoms with E-state index in [-0.39, 0.29) is 11.6 Å². The standard InChI is InChI=1S/C16H18N6O2S/c1-9-8-25-14-12(9)13(18-10(2)19-14)21-3-5-22(6-4-21)15(23)11-7-17-16(24)20-11/h7-8H,3-6H2,1-2H3,(H2,17,20,24). The average Bonchev–Trinajstić information content (AvgIpc) is 3.20. The second kappa shape index (κ2) is 5.99. The van der Waals surface area contributed by atoms with Gasteiger partial charge in [0.15, 0.2) is 0 Å². The highest BCUT2D eigenvalue weighted by Gasteiger charge is 2.25. The van der Waals surface area contributed by atoms with Crippen molar-refractivity contribution in [2.24, 2.45) is 0 Å². The SMILES string of the molecule is Cc1nc(N2CCN(C(=O)c3c[nH]c(=O)[nH]3)CC2)c2c(C)csc2n1. The summed E-state index contributed by atoms with van der Waals surface area (Å²) in [6, 6.07) is 0. The van der Waals surface area contributed by atoms with E-state index in [2.05, 4.69) is 37.1 Å². The van der Waals surface area contributed by atoms with Crippen LogP contribution in [0.3, 0.4) is 0 Å². The number of nitrogens with one attached hydrogen (secondary N) is 2. The number of hydrogen-bond donors (Lipinski definition) is 2. The van der Waals surface area contributed by atoms with Gasteiger partial charge in [0.1, 0.15) is 22.2 Å². The Morgan fingerprint density at radius 3 is 2.64 bits per heavy atom. The van der Waals surface area contributed by atoms with Crippen LogP contribution in [-0.2, 0) is 0 Å². The molecule has 0 aliphatic carbocycles. The van der Waals surface area contributed by atoms with Gasteiger partial charge < -0.3 is 19.8 Å². The quantitative estimate of drug-likeness (QED) is 0.719. The number of piperazine rings is 1. The third-order valence-corrected chi connectivity index (χ3v) is 5.39. The highest BCUT2D eigenvalue weighted by molar-refractivity contribution is 7.17. The number of aryl methyl sites for hydroxylation is 2. The molecule has 8 nitrogen and oxygen atoms in total.